The summed E-state index contributed by atoms with van der Waals surface area (Å²) in [5.41, 5.74) is 7.74. The van der Waals surface area contributed by atoms with Crippen LogP contribution in [0.25, 0.3) is 0 Å². The number of rotatable bonds is 3. The smallest absolute Gasteiger partial charge is 0.158 e. The number of aliphatic imine (C=N–C) groups is 2. The molecule has 19 heavy (non-hydrogen) atoms. The van der Waals surface area contributed by atoms with Crippen molar-refractivity contribution in [1.82, 2.24) is 0 Å². The minimum atomic E-state index is 0.149. The van der Waals surface area contributed by atoms with Crippen molar-refractivity contribution in [3.8, 4) is 0 Å². The summed E-state index contributed by atoms with van der Waals surface area (Å²) in [4.78, 5) is 8.54. The molecule has 96 valence electrons. The average molecular weight is 272 g/mol. The first kappa shape index (κ1) is 13.3. The first-order valence-electron chi connectivity index (χ1n) is 5.86. The molecule has 0 heterocycles. The Bertz CT molecular complexity index is 577. The molecule has 2 rings (SSSR count). The SMILES string of the molecule is NC(=N/C(=N\CCl)c1ccccc1)c1ccccc1. The molecule has 0 aliphatic heterocycles. The largest absolute Gasteiger partial charge is 0.383 e. The van der Waals surface area contributed by atoms with Crippen LogP contribution >= 0.6 is 11.6 Å². The van der Waals surface area contributed by atoms with Gasteiger partial charge in [0.25, 0.3) is 0 Å². The van der Waals surface area contributed by atoms with Crippen molar-refractivity contribution >= 4 is 23.3 Å². The molecule has 4 heteroatoms. The zero-order chi connectivity index (χ0) is 13.5. The Labute approximate surface area is 117 Å². The first-order chi connectivity index (χ1) is 9.31. The Kier molecular flexibility index (Phi) is 4.70. The molecule has 0 aromatic heterocycles. The Morgan fingerprint density at radius 3 is 1.95 bits per heavy atom. The molecule has 0 saturated carbocycles. The predicted molar refractivity (Wildman–Crippen MR) is 80.9 cm³/mol. The van der Waals surface area contributed by atoms with Crippen molar-refractivity contribution in [3.63, 3.8) is 0 Å². The van der Waals surface area contributed by atoms with E-state index in [9.17, 15) is 0 Å². The highest BCUT2D eigenvalue weighted by atomic mass is 35.5. The third-order valence-corrected chi connectivity index (χ3v) is 2.66. The van der Waals surface area contributed by atoms with E-state index in [1.165, 1.54) is 0 Å². The highest BCUT2D eigenvalue weighted by Gasteiger charge is 2.03. The number of nitrogens with two attached hydrogens (primary N) is 1. The molecule has 0 amide bonds. The van der Waals surface area contributed by atoms with Gasteiger partial charge in [0.2, 0.25) is 0 Å². The zero-order valence-electron chi connectivity index (χ0n) is 10.3. The maximum absolute atomic E-state index is 5.99. The van der Waals surface area contributed by atoms with Crippen LogP contribution < -0.4 is 5.73 Å². The second-order valence-corrected chi connectivity index (χ2v) is 4.07. The van der Waals surface area contributed by atoms with E-state index in [1.807, 2.05) is 60.7 Å². The lowest BCUT2D eigenvalue weighted by Gasteiger charge is -2.04. The lowest BCUT2D eigenvalue weighted by molar-refractivity contribution is 1.32. The van der Waals surface area contributed by atoms with Crippen LogP contribution in [0.2, 0.25) is 0 Å². The number of halogens is 1. The standard InChI is InChI=1S/C15H14ClN3/c16-11-18-15(13-9-5-2-6-10-13)19-14(17)12-7-3-1-4-8-12/h1-10H,11H2,(H2,17,18,19). The van der Waals surface area contributed by atoms with Crippen LogP contribution in [0.15, 0.2) is 70.6 Å². The minimum absolute atomic E-state index is 0.149. The lowest BCUT2D eigenvalue weighted by Crippen LogP contribution is -2.16. The van der Waals surface area contributed by atoms with Crippen molar-refractivity contribution in [1.29, 1.82) is 0 Å². The monoisotopic (exact) mass is 271 g/mol. The highest BCUT2D eigenvalue weighted by Crippen LogP contribution is 2.05. The molecule has 2 aromatic carbocycles. The van der Waals surface area contributed by atoms with Crippen LogP contribution in [0.3, 0.4) is 0 Å². The predicted octanol–water partition coefficient (Wildman–Crippen LogP) is 3.04. The quantitative estimate of drug-likeness (QED) is 0.397. The Hall–Kier alpha value is -2.13. The minimum Gasteiger partial charge on any atom is -0.383 e. The van der Waals surface area contributed by atoms with E-state index in [0.717, 1.165) is 11.1 Å². The third kappa shape index (κ3) is 3.66. The van der Waals surface area contributed by atoms with Gasteiger partial charge in [-0.05, 0) is 0 Å². The van der Waals surface area contributed by atoms with Gasteiger partial charge in [0.15, 0.2) is 5.84 Å². The number of nitrogens with zero attached hydrogens (tertiary/aromatic N) is 2. The second kappa shape index (κ2) is 6.71. The maximum Gasteiger partial charge on any atom is 0.158 e. The fraction of sp³-hybridized carbons (Fsp3) is 0.0667. The highest BCUT2D eigenvalue weighted by molar-refractivity contribution is 6.19. The summed E-state index contributed by atoms with van der Waals surface area (Å²) in [6, 6.07) is 19.4. The summed E-state index contributed by atoms with van der Waals surface area (Å²) in [7, 11) is 0. The number of alkyl halides is 1. The fourth-order valence-corrected chi connectivity index (χ4v) is 1.74. The summed E-state index contributed by atoms with van der Waals surface area (Å²) >= 11 is 5.68. The van der Waals surface area contributed by atoms with Gasteiger partial charge in [0.1, 0.15) is 11.8 Å². The molecular formula is C15H14ClN3. The van der Waals surface area contributed by atoms with E-state index >= 15 is 0 Å². The van der Waals surface area contributed by atoms with Gasteiger partial charge in [-0.15, -0.1) is 11.6 Å². The van der Waals surface area contributed by atoms with E-state index in [1.54, 1.807) is 0 Å². The molecule has 2 aromatic rings. The van der Waals surface area contributed by atoms with Crippen molar-refractivity contribution in [2.75, 3.05) is 6.00 Å². The molecule has 0 unspecified atom stereocenters. The molecular weight excluding hydrogens is 258 g/mol. The lowest BCUT2D eigenvalue weighted by atomic mass is 10.2. The van der Waals surface area contributed by atoms with E-state index in [-0.39, 0.29) is 6.00 Å². The van der Waals surface area contributed by atoms with Crippen LogP contribution in [0, 0.1) is 0 Å². The van der Waals surface area contributed by atoms with Gasteiger partial charge in [0.05, 0.1) is 0 Å². The topological polar surface area (TPSA) is 50.7 Å². The third-order valence-electron chi connectivity index (χ3n) is 2.54. The Morgan fingerprint density at radius 1 is 0.895 bits per heavy atom. The first-order valence-corrected chi connectivity index (χ1v) is 6.40. The number of hydrogen-bond donors (Lipinski definition) is 1. The second-order valence-electron chi connectivity index (χ2n) is 3.83. The van der Waals surface area contributed by atoms with Crippen molar-refractivity contribution in [2.45, 2.75) is 0 Å². The van der Waals surface area contributed by atoms with Crippen LogP contribution in [-0.2, 0) is 0 Å². The molecule has 0 radical (unpaired) electrons. The summed E-state index contributed by atoms with van der Waals surface area (Å²) in [5, 5.41) is 0. The van der Waals surface area contributed by atoms with Gasteiger partial charge < -0.3 is 5.73 Å². The van der Waals surface area contributed by atoms with Crippen LogP contribution in [-0.4, -0.2) is 17.7 Å². The number of benzene rings is 2. The average Bonchev–Trinajstić information content (AvgIpc) is 2.48. The van der Waals surface area contributed by atoms with Gasteiger partial charge in [-0.2, -0.15) is 0 Å². The Balaban J connectivity index is 2.35. The van der Waals surface area contributed by atoms with Crippen LogP contribution in [0.1, 0.15) is 11.1 Å². The molecule has 0 saturated heterocycles. The molecule has 0 aliphatic carbocycles. The number of amidine groups is 2. The summed E-state index contributed by atoms with van der Waals surface area (Å²) in [5.74, 6) is 0.963. The van der Waals surface area contributed by atoms with E-state index in [2.05, 4.69) is 9.98 Å². The molecule has 0 aliphatic rings. The molecule has 0 fully saturated rings. The summed E-state index contributed by atoms with van der Waals surface area (Å²) in [6.45, 7) is 0. The van der Waals surface area contributed by atoms with E-state index in [4.69, 9.17) is 17.3 Å². The molecule has 2 N–H and O–H groups in total. The van der Waals surface area contributed by atoms with Gasteiger partial charge in [-0.3, -0.25) is 0 Å². The molecule has 0 atom stereocenters. The summed E-state index contributed by atoms with van der Waals surface area (Å²) in [6.07, 6.45) is 0. The van der Waals surface area contributed by atoms with Gasteiger partial charge in [-0.25, -0.2) is 9.98 Å². The maximum atomic E-state index is 5.99. The van der Waals surface area contributed by atoms with Gasteiger partial charge in [-0.1, -0.05) is 60.7 Å². The molecule has 3 nitrogen and oxygen atoms in total. The normalized spacial score (nSPS) is 12.5. The van der Waals surface area contributed by atoms with Crippen molar-refractivity contribution in [3.05, 3.63) is 71.8 Å². The van der Waals surface area contributed by atoms with Gasteiger partial charge >= 0.3 is 0 Å². The molecule has 0 spiro atoms. The van der Waals surface area contributed by atoms with Crippen molar-refractivity contribution in [2.24, 2.45) is 15.7 Å². The fourth-order valence-electron chi connectivity index (χ4n) is 1.62. The van der Waals surface area contributed by atoms with Crippen LogP contribution in [0.4, 0.5) is 0 Å². The van der Waals surface area contributed by atoms with E-state index < -0.39 is 0 Å². The molecule has 0 bridgehead atoms. The number of hydrogen-bond acceptors (Lipinski definition) is 1. The summed E-state index contributed by atoms with van der Waals surface area (Å²) < 4.78 is 0. The Morgan fingerprint density at radius 2 is 1.42 bits per heavy atom. The van der Waals surface area contributed by atoms with Crippen molar-refractivity contribution < 1.29 is 0 Å². The van der Waals surface area contributed by atoms with Gasteiger partial charge in [0, 0.05) is 11.1 Å². The van der Waals surface area contributed by atoms with Crippen LogP contribution in [0.5, 0.6) is 0 Å². The zero-order valence-corrected chi connectivity index (χ0v) is 11.1. The van der Waals surface area contributed by atoms with E-state index in [0.29, 0.717) is 11.7 Å².